The van der Waals surface area contributed by atoms with Gasteiger partial charge in [0.25, 0.3) is 0 Å². The van der Waals surface area contributed by atoms with Crippen LogP contribution in [0.3, 0.4) is 0 Å². The molecule has 1 heterocycles. The predicted octanol–water partition coefficient (Wildman–Crippen LogP) is 3.59. The first-order valence-electron chi connectivity index (χ1n) is 7.36. The van der Waals surface area contributed by atoms with Gasteiger partial charge in [-0.3, -0.25) is 9.89 Å². The molecule has 1 aromatic heterocycles. The molecular weight excluding hydrogens is 310 g/mol. The van der Waals surface area contributed by atoms with Gasteiger partial charge in [0.05, 0.1) is 11.2 Å². The highest BCUT2D eigenvalue weighted by Gasteiger charge is 2.02. The normalized spacial score (nSPS) is 11.2. The molecule has 4 nitrogen and oxygen atoms in total. The Hall–Kier alpha value is -2.59. The zero-order valence-corrected chi connectivity index (χ0v) is 13.2. The summed E-state index contributed by atoms with van der Waals surface area (Å²) >= 11 is 5.84. The number of benzene rings is 2. The van der Waals surface area contributed by atoms with E-state index < -0.39 is 0 Å². The van der Waals surface area contributed by atoms with Crippen LogP contribution in [-0.2, 0) is 11.2 Å². The van der Waals surface area contributed by atoms with E-state index in [1.165, 1.54) is 6.08 Å². The lowest BCUT2D eigenvalue weighted by molar-refractivity contribution is -0.116. The summed E-state index contributed by atoms with van der Waals surface area (Å²) in [6.45, 7) is 0.576. The summed E-state index contributed by atoms with van der Waals surface area (Å²) in [6.07, 6.45) is 3.99. The van der Waals surface area contributed by atoms with Gasteiger partial charge in [0, 0.05) is 23.0 Å². The Kier molecular flexibility index (Phi) is 4.74. The molecule has 0 fully saturated rings. The fraction of sp³-hybridized carbons (Fsp3) is 0.111. The zero-order valence-electron chi connectivity index (χ0n) is 12.4. The summed E-state index contributed by atoms with van der Waals surface area (Å²) in [5.41, 5.74) is 2.85. The van der Waals surface area contributed by atoms with Gasteiger partial charge in [0.2, 0.25) is 5.91 Å². The Morgan fingerprint density at radius 3 is 2.78 bits per heavy atom. The van der Waals surface area contributed by atoms with Crippen molar-refractivity contribution in [1.82, 2.24) is 15.5 Å². The summed E-state index contributed by atoms with van der Waals surface area (Å²) in [5, 5.41) is 11.7. The first kappa shape index (κ1) is 15.3. The number of nitrogens with one attached hydrogen (secondary N) is 2. The molecule has 0 bridgehead atoms. The van der Waals surface area contributed by atoms with Crippen molar-refractivity contribution in [2.45, 2.75) is 6.42 Å². The third kappa shape index (κ3) is 3.99. The van der Waals surface area contributed by atoms with E-state index >= 15 is 0 Å². The number of H-pyrrole nitrogens is 1. The molecule has 23 heavy (non-hydrogen) atoms. The standard InChI is InChI=1S/C18H16ClN3O/c19-14-7-5-13(6-8-14)11-12-20-18(23)10-9-17-15-3-1-2-4-16(15)21-22-17/h1-10H,11-12H2,(H,20,23)(H,21,22). The summed E-state index contributed by atoms with van der Waals surface area (Å²) in [7, 11) is 0. The van der Waals surface area contributed by atoms with Crippen molar-refractivity contribution in [3.63, 3.8) is 0 Å². The molecule has 0 atom stereocenters. The molecule has 0 aliphatic heterocycles. The van der Waals surface area contributed by atoms with E-state index in [2.05, 4.69) is 15.5 Å². The van der Waals surface area contributed by atoms with Gasteiger partial charge in [0.15, 0.2) is 0 Å². The topological polar surface area (TPSA) is 57.8 Å². The fourth-order valence-electron chi connectivity index (χ4n) is 2.31. The van der Waals surface area contributed by atoms with Crippen LogP contribution in [0.4, 0.5) is 0 Å². The number of hydrogen-bond donors (Lipinski definition) is 2. The van der Waals surface area contributed by atoms with Crippen LogP contribution in [0, 0.1) is 0 Å². The van der Waals surface area contributed by atoms with Crippen LogP contribution in [0.25, 0.3) is 17.0 Å². The van der Waals surface area contributed by atoms with Gasteiger partial charge in [-0.25, -0.2) is 0 Å². The Balaban J connectivity index is 1.53. The molecule has 0 aliphatic rings. The van der Waals surface area contributed by atoms with E-state index in [0.717, 1.165) is 28.6 Å². The monoisotopic (exact) mass is 325 g/mol. The van der Waals surface area contributed by atoms with E-state index in [1.807, 2.05) is 48.5 Å². The molecule has 1 amide bonds. The molecule has 0 saturated carbocycles. The van der Waals surface area contributed by atoms with Crippen LogP contribution >= 0.6 is 11.6 Å². The number of amides is 1. The van der Waals surface area contributed by atoms with Crippen molar-refractivity contribution in [3.8, 4) is 0 Å². The van der Waals surface area contributed by atoms with E-state index in [-0.39, 0.29) is 5.91 Å². The molecule has 2 N–H and O–H groups in total. The smallest absolute Gasteiger partial charge is 0.244 e. The van der Waals surface area contributed by atoms with Crippen LogP contribution in [0.15, 0.2) is 54.6 Å². The summed E-state index contributed by atoms with van der Waals surface area (Å²) in [6, 6.07) is 15.4. The largest absolute Gasteiger partial charge is 0.352 e. The number of para-hydroxylation sites is 1. The van der Waals surface area contributed by atoms with E-state index in [1.54, 1.807) is 6.08 Å². The maximum Gasteiger partial charge on any atom is 0.244 e. The second-order valence-electron chi connectivity index (χ2n) is 5.16. The van der Waals surface area contributed by atoms with Crippen LogP contribution in [0.5, 0.6) is 0 Å². The number of aromatic nitrogens is 2. The quantitative estimate of drug-likeness (QED) is 0.704. The Morgan fingerprint density at radius 2 is 1.96 bits per heavy atom. The number of halogens is 1. The van der Waals surface area contributed by atoms with Crippen molar-refractivity contribution >= 4 is 34.5 Å². The third-order valence-electron chi connectivity index (χ3n) is 3.52. The number of hydrogen-bond acceptors (Lipinski definition) is 2. The van der Waals surface area contributed by atoms with Gasteiger partial charge < -0.3 is 5.32 Å². The lowest BCUT2D eigenvalue weighted by Crippen LogP contribution is -2.23. The number of nitrogens with zero attached hydrogens (tertiary/aromatic N) is 1. The molecule has 3 rings (SSSR count). The highest BCUT2D eigenvalue weighted by molar-refractivity contribution is 6.30. The van der Waals surface area contributed by atoms with E-state index in [9.17, 15) is 4.79 Å². The van der Waals surface area contributed by atoms with Gasteiger partial charge >= 0.3 is 0 Å². The Labute approximate surface area is 139 Å². The average Bonchev–Trinajstić information content (AvgIpc) is 2.98. The molecule has 3 aromatic rings. The predicted molar refractivity (Wildman–Crippen MR) is 93.3 cm³/mol. The molecule has 2 aromatic carbocycles. The van der Waals surface area contributed by atoms with E-state index in [4.69, 9.17) is 11.6 Å². The van der Waals surface area contributed by atoms with E-state index in [0.29, 0.717) is 11.6 Å². The molecule has 0 aliphatic carbocycles. The Bertz CT molecular complexity index is 837. The number of fused-ring (bicyclic) bond motifs is 1. The van der Waals surface area contributed by atoms with Gasteiger partial charge in [-0.15, -0.1) is 0 Å². The highest BCUT2D eigenvalue weighted by Crippen LogP contribution is 2.16. The van der Waals surface area contributed by atoms with Gasteiger partial charge in [-0.1, -0.05) is 41.9 Å². The van der Waals surface area contributed by atoms with Crippen molar-refractivity contribution in [2.75, 3.05) is 6.54 Å². The second-order valence-corrected chi connectivity index (χ2v) is 5.59. The van der Waals surface area contributed by atoms with Crippen molar-refractivity contribution in [2.24, 2.45) is 0 Å². The minimum atomic E-state index is -0.133. The fourth-order valence-corrected chi connectivity index (χ4v) is 2.43. The van der Waals surface area contributed by atoms with Crippen molar-refractivity contribution in [1.29, 1.82) is 0 Å². The lowest BCUT2D eigenvalue weighted by atomic mass is 10.1. The maximum atomic E-state index is 11.9. The van der Waals surface area contributed by atoms with Crippen LogP contribution in [0.2, 0.25) is 5.02 Å². The molecule has 5 heteroatoms. The third-order valence-corrected chi connectivity index (χ3v) is 3.77. The molecule has 0 spiro atoms. The summed E-state index contributed by atoms with van der Waals surface area (Å²) in [5.74, 6) is -0.133. The molecule has 0 radical (unpaired) electrons. The number of aromatic amines is 1. The number of carbonyl (C=O) groups is 1. The first-order chi connectivity index (χ1) is 11.2. The van der Waals surface area contributed by atoms with Gasteiger partial charge in [-0.05, 0) is 36.3 Å². The minimum Gasteiger partial charge on any atom is -0.352 e. The van der Waals surface area contributed by atoms with Crippen molar-refractivity contribution < 1.29 is 4.79 Å². The summed E-state index contributed by atoms with van der Waals surface area (Å²) in [4.78, 5) is 11.9. The number of carbonyl (C=O) groups excluding carboxylic acids is 1. The molecular formula is C18H16ClN3O. The molecule has 0 unspecified atom stereocenters. The van der Waals surface area contributed by atoms with Crippen LogP contribution < -0.4 is 5.32 Å². The van der Waals surface area contributed by atoms with Gasteiger partial charge in [0.1, 0.15) is 0 Å². The SMILES string of the molecule is O=C(C=Cc1n[nH]c2ccccc12)NCCc1ccc(Cl)cc1. The highest BCUT2D eigenvalue weighted by atomic mass is 35.5. The molecule has 0 saturated heterocycles. The Morgan fingerprint density at radius 1 is 1.17 bits per heavy atom. The van der Waals surface area contributed by atoms with Gasteiger partial charge in [-0.2, -0.15) is 5.10 Å². The van der Waals surface area contributed by atoms with Crippen LogP contribution in [-0.4, -0.2) is 22.6 Å². The lowest BCUT2D eigenvalue weighted by Gasteiger charge is -2.02. The zero-order chi connectivity index (χ0) is 16.1. The first-order valence-corrected chi connectivity index (χ1v) is 7.73. The molecule has 116 valence electrons. The second kappa shape index (κ2) is 7.11. The van der Waals surface area contributed by atoms with Crippen LogP contribution in [0.1, 0.15) is 11.3 Å². The maximum absolute atomic E-state index is 11.9. The summed E-state index contributed by atoms with van der Waals surface area (Å²) < 4.78 is 0. The average molecular weight is 326 g/mol. The minimum absolute atomic E-state index is 0.133. The van der Waals surface area contributed by atoms with Crippen molar-refractivity contribution in [3.05, 3.63) is 70.9 Å². The number of rotatable bonds is 5.